The number of rotatable bonds is 4. The van der Waals surface area contributed by atoms with Gasteiger partial charge in [-0.1, -0.05) is 61.8 Å². The van der Waals surface area contributed by atoms with Crippen LogP contribution in [0.3, 0.4) is 0 Å². The highest BCUT2D eigenvalue weighted by Gasteiger charge is 2.15. The molecule has 0 fully saturated rings. The van der Waals surface area contributed by atoms with Crippen LogP contribution >= 0.6 is 11.6 Å². The number of nitrogens with zero attached hydrogens (tertiary/aromatic N) is 1. The molecule has 0 aliphatic carbocycles. The van der Waals surface area contributed by atoms with Crippen molar-refractivity contribution in [2.75, 3.05) is 6.54 Å². The number of carbonyl (C=O) groups is 1. The third-order valence-electron chi connectivity index (χ3n) is 3.78. The zero-order valence-corrected chi connectivity index (χ0v) is 14.5. The van der Waals surface area contributed by atoms with Gasteiger partial charge in [0.05, 0.1) is 16.8 Å². The first-order valence-corrected chi connectivity index (χ1v) is 8.37. The highest BCUT2D eigenvalue weighted by atomic mass is 35.5. The zero-order valence-electron chi connectivity index (χ0n) is 13.7. The number of carbonyl (C=O) groups excluding carboxylic acids is 1. The monoisotopic (exact) mass is 338 g/mol. The minimum atomic E-state index is -0.0874. The molecule has 3 nitrogen and oxygen atoms in total. The Morgan fingerprint density at radius 2 is 1.83 bits per heavy atom. The first-order chi connectivity index (χ1) is 11.6. The molecular formula is C20H19ClN2O. The van der Waals surface area contributed by atoms with E-state index in [1.54, 1.807) is 0 Å². The molecule has 0 aliphatic rings. The van der Waals surface area contributed by atoms with E-state index in [0.29, 0.717) is 28.7 Å². The van der Waals surface area contributed by atoms with Crippen LogP contribution in [-0.2, 0) is 0 Å². The first kappa shape index (κ1) is 16.5. The molecule has 1 aromatic heterocycles. The lowest BCUT2D eigenvalue weighted by Gasteiger charge is -2.12. The maximum absolute atomic E-state index is 12.7. The standard InChI is InChI=1S/C20H19ClN2O/c1-13(2)12-22-20(24)16-11-19(15-8-3-5-9-17(15)21)23-18-10-6-4-7-14(16)18/h3-11,13H,12H2,1-2H3,(H,22,24). The Bertz CT molecular complexity index is 890. The Kier molecular flexibility index (Phi) is 4.81. The van der Waals surface area contributed by atoms with Crippen molar-refractivity contribution in [3.8, 4) is 11.3 Å². The molecule has 0 radical (unpaired) electrons. The number of fused-ring (bicyclic) bond motifs is 1. The zero-order chi connectivity index (χ0) is 17.1. The predicted octanol–water partition coefficient (Wildman–Crippen LogP) is 4.94. The summed E-state index contributed by atoms with van der Waals surface area (Å²) in [5.41, 5.74) is 2.93. The molecule has 0 unspecified atom stereocenters. The number of hydrogen-bond acceptors (Lipinski definition) is 2. The van der Waals surface area contributed by atoms with Gasteiger partial charge < -0.3 is 5.32 Å². The molecule has 4 heteroatoms. The average Bonchev–Trinajstić information content (AvgIpc) is 2.59. The molecule has 0 spiro atoms. The number of halogens is 1. The molecule has 2 aromatic carbocycles. The summed E-state index contributed by atoms with van der Waals surface area (Å²) < 4.78 is 0. The van der Waals surface area contributed by atoms with Gasteiger partial charge in [-0.25, -0.2) is 4.98 Å². The Labute approximate surface area is 146 Å². The molecule has 0 saturated heterocycles. The molecule has 0 saturated carbocycles. The topological polar surface area (TPSA) is 42.0 Å². The van der Waals surface area contributed by atoms with Crippen LogP contribution in [0.1, 0.15) is 24.2 Å². The SMILES string of the molecule is CC(C)CNC(=O)c1cc(-c2ccccc2Cl)nc2ccccc12. The van der Waals surface area contributed by atoms with Gasteiger partial charge in [0.25, 0.3) is 5.91 Å². The smallest absolute Gasteiger partial charge is 0.252 e. The fraction of sp³-hybridized carbons (Fsp3) is 0.200. The first-order valence-electron chi connectivity index (χ1n) is 7.99. The fourth-order valence-corrected chi connectivity index (χ4v) is 2.79. The van der Waals surface area contributed by atoms with Gasteiger partial charge in [-0.2, -0.15) is 0 Å². The lowest BCUT2D eigenvalue weighted by atomic mass is 10.0. The van der Waals surface area contributed by atoms with Crippen LogP contribution in [0.5, 0.6) is 0 Å². The Hall–Kier alpha value is -2.39. The van der Waals surface area contributed by atoms with Crippen molar-refractivity contribution in [1.82, 2.24) is 10.3 Å². The molecule has 3 aromatic rings. The molecule has 24 heavy (non-hydrogen) atoms. The highest BCUT2D eigenvalue weighted by Crippen LogP contribution is 2.29. The summed E-state index contributed by atoms with van der Waals surface area (Å²) in [7, 11) is 0. The summed E-state index contributed by atoms with van der Waals surface area (Å²) in [4.78, 5) is 17.3. The summed E-state index contributed by atoms with van der Waals surface area (Å²) in [6.07, 6.45) is 0. The van der Waals surface area contributed by atoms with Gasteiger partial charge >= 0.3 is 0 Å². The van der Waals surface area contributed by atoms with E-state index in [9.17, 15) is 4.79 Å². The van der Waals surface area contributed by atoms with Gasteiger partial charge in [-0.05, 0) is 24.1 Å². The van der Waals surface area contributed by atoms with Gasteiger partial charge in [0.1, 0.15) is 0 Å². The number of para-hydroxylation sites is 1. The molecule has 1 heterocycles. The van der Waals surface area contributed by atoms with Gasteiger partial charge in [-0.3, -0.25) is 4.79 Å². The third kappa shape index (κ3) is 3.41. The summed E-state index contributed by atoms with van der Waals surface area (Å²) in [5, 5.41) is 4.45. The normalized spacial score (nSPS) is 11.0. The van der Waals surface area contributed by atoms with Crippen molar-refractivity contribution < 1.29 is 4.79 Å². The van der Waals surface area contributed by atoms with E-state index in [1.165, 1.54) is 0 Å². The van der Waals surface area contributed by atoms with Crippen LogP contribution in [0.25, 0.3) is 22.2 Å². The maximum atomic E-state index is 12.7. The van der Waals surface area contributed by atoms with Gasteiger partial charge in [0, 0.05) is 22.5 Å². The summed E-state index contributed by atoms with van der Waals surface area (Å²) >= 11 is 6.30. The van der Waals surface area contributed by atoms with E-state index in [2.05, 4.69) is 24.1 Å². The number of nitrogens with one attached hydrogen (secondary N) is 1. The van der Waals surface area contributed by atoms with E-state index in [4.69, 9.17) is 11.6 Å². The van der Waals surface area contributed by atoms with Crippen LogP contribution < -0.4 is 5.32 Å². The Morgan fingerprint density at radius 1 is 1.12 bits per heavy atom. The minimum Gasteiger partial charge on any atom is -0.352 e. The Balaban J connectivity index is 2.13. The second kappa shape index (κ2) is 7.02. The second-order valence-electron chi connectivity index (χ2n) is 6.16. The quantitative estimate of drug-likeness (QED) is 0.732. The molecule has 0 bridgehead atoms. The van der Waals surface area contributed by atoms with Crippen LogP contribution in [0.4, 0.5) is 0 Å². The lowest BCUT2D eigenvalue weighted by Crippen LogP contribution is -2.27. The molecule has 0 atom stereocenters. The molecule has 1 N–H and O–H groups in total. The van der Waals surface area contributed by atoms with Gasteiger partial charge in [0.15, 0.2) is 0 Å². The van der Waals surface area contributed by atoms with Crippen molar-refractivity contribution in [3.63, 3.8) is 0 Å². The Morgan fingerprint density at radius 3 is 2.58 bits per heavy atom. The van der Waals surface area contributed by atoms with Crippen LogP contribution in [0, 0.1) is 5.92 Å². The number of hydrogen-bond donors (Lipinski definition) is 1. The van der Waals surface area contributed by atoms with Crippen molar-refractivity contribution in [1.29, 1.82) is 0 Å². The van der Waals surface area contributed by atoms with E-state index >= 15 is 0 Å². The molecule has 3 rings (SSSR count). The van der Waals surface area contributed by atoms with E-state index in [1.807, 2.05) is 54.6 Å². The van der Waals surface area contributed by atoms with Crippen molar-refractivity contribution in [2.45, 2.75) is 13.8 Å². The summed E-state index contributed by atoms with van der Waals surface area (Å²) in [6.45, 7) is 4.77. The van der Waals surface area contributed by atoms with E-state index in [0.717, 1.165) is 16.5 Å². The minimum absolute atomic E-state index is 0.0874. The fourth-order valence-electron chi connectivity index (χ4n) is 2.56. The van der Waals surface area contributed by atoms with Crippen molar-refractivity contribution in [3.05, 3.63) is 65.2 Å². The third-order valence-corrected chi connectivity index (χ3v) is 4.11. The van der Waals surface area contributed by atoms with Crippen LogP contribution in [0.2, 0.25) is 5.02 Å². The molecule has 0 aliphatic heterocycles. The molecule has 1 amide bonds. The number of benzene rings is 2. The lowest BCUT2D eigenvalue weighted by molar-refractivity contribution is 0.0950. The van der Waals surface area contributed by atoms with Crippen LogP contribution in [0.15, 0.2) is 54.6 Å². The van der Waals surface area contributed by atoms with Crippen LogP contribution in [-0.4, -0.2) is 17.4 Å². The van der Waals surface area contributed by atoms with E-state index < -0.39 is 0 Å². The number of amides is 1. The van der Waals surface area contributed by atoms with Crippen molar-refractivity contribution >= 4 is 28.4 Å². The summed E-state index contributed by atoms with van der Waals surface area (Å²) in [5.74, 6) is 0.306. The molecular weight excluding hydrogens is 320 g/mol. The number of aromatic nitrogens is 1. The maximum Gasteiger partial charge on any atom is 0.252 e. The van der Waals surface area contributed by atoms with Crippen molar-refractivity contribution in [2.24, 2.45) is 5.92 Å². The molecule has 122 valence electrons. The van der Waals surface area contributed by atoms with Gasteiger partial charge in [-0.15, -0.1) is 0 Å². The highest BCUT2D eigenvalue weighted by molar-refractivity contribution is 6.33. The van der Waals surface area contributed by atoms with Gasteiger partial charge in [0.2, 0.25) is 0 Å². The number of pyridine rings is 1. The largest absolute Gasteiger partial charge is 0.352 e. The predicted molar refractivity (Wildman–Crippen MR) is 99.4 cm³/mol. The van der Waals surface area contributed by atoms with E-state index in [-0.39, 0.29) is 5.91 Å². The summed E-state index contributed by atoms with van der Waals surface area (Å²) in [6, 6.07) is 17.0. The second-order valence-corrected chi connectivity index (χ2v) is 6.56. The average molecular weight is 339 g/mol.